The van der Waals surface area contributed by atoms with E-state index in [0.717, 1.165) is 5.56 Å². The van der Waals surface area contributed by atoms with Gasteiger partial charge in [0, 0.05) is 29.4 Å². The van der Waals surface area contributed by atoms with Gasteiger partial charge >= 0.3 is 0 Å². The summed E-state index contributed by atoms with van der Waals surface area (Å²) in [5, 5.41) is 24.4. The molecule has 1 aliphatic heterocycles. The van der Waals surface area contributed by atoms with Gasteiger partial charge in [0.05, 0.1) is 18.2 Å². The Hall–Kier alpha value is -4.07. The van der Waals surface area contributed by atoms with Crippen LogP contribution in [-0.4, -0.2) is 34.7 Å². The van der Waals surface area contributed by atoms with Crippen LogP contribution in [0.2, 0.25) is 0 Å². The van der Waals surface area contributed by atoms with Crippen molar-refractivity contribution in [3.8, 4) is 23.0 Å². The molecule has 4 rings (SSSR count). The molecular weight excluding hydrogens is 438 g/mol. The second-order valence-corrected chi connectivity index (χ2v) is 8.55. The van der Waals surface area contributed by atoms with Crippen molar-refractivity contribution in [2.45, 2.75) is 39.7 Å². The molecule has 8 heteroatoms. The van der Waals surface area contributed by atoms with Gasteiger partial charge in [-0.25, -0.2) is 0 Å². The van der Waals surface area contributed by atoms with Crippen LogP contribution in [0.15, 0.2) is 47.4 Å². The highest BCUT2D eigenvalue weighted by molar-refractivity contribution is 6.31. The number of rotatable bonds is 5. The molecule has 0 bridgehead atoms. The minimum Gasteiger partial charge on any atom is -0.507 e. The first kappa shape index (κ1) is 23.1. The summed E-state index contributed by atoms with van der Waals surface area (Å²) in [6.07, 6.45) is 1.20. The zero-order chi connectivity index (χ0) is 24.9. The van der Waals surface area contributed by atoms with Crippen LogP contribution in [0.4, 0.5) is 0 Å². The molecule has 0 unspecified atom stereocenters. The normalized spacial score (nSPS) is 20.2. The van der Waals surface area contributed by atoms with E-state index >= 15 is 0 Å². The zero-order valence-electron chi connectivity index (χ0n) is 19.5. The van der Waals surface area contributed by atoms with Crippen LogP contribution >= 0.6 is 0 Å². The number of carbonyl (C=O) groups is 3. The van der Waals surface area contributed by atoms with E-state index in [9.17, 15) is 24.6 Å². The highest BCUT2D eigenvalue weighted by Crippen LogP contribution is 2.57. The van der Waals surface area contributed by atoms with E-state index < -0.39 is 28.5 Å². The Balaban J connectivity index is 1.82. The second kappa shape index (κ2) is 8.06. The van der Waals surface area contributed by atoms with Crippen LogP contribution in [0.3, 0.4) is 0 Å². The summed E-state index contributed by atoms with van der Waals surface area (Å²) in [7, 11) is 1.56. The molecule has 1 heterocycles. The average Bonchev–Trinajstić information content (AvgIpc) is 3.09. The summed E-state index contributed by atoms with van der Waals surface area (Å²) >= 11 is 0. The van der Waals surface area contributed by atoms with E-state index in [4.69, 9.17) is 9.47 Å². The minimum atomic E-state index is -1.54. The fourth-order valence-corrected chi connectivity index (χ4v) is 4.53. The molecular formula is C26H25NO7. The molecule has 34 heavy (non-hydrogen) atoms. The molecule has 2 aliphatic rings. The topological polar surface area (TPSA) is 122 Å². The third-order valence-electron chi connectivity index (χ3n) is 6.50. The lowest BCUT2D eigenvalue weighted by atomic mass is 9.70. The number of ketones is 3. The van der Waals surface area contributed by atoms with Crippen molar-refractivity contribution in [2.24, 2.45) is 0 Å². The number of hydrogen-bond acceptors (Lipinski definition) is 8. The highest BCUT2D eigenvalue weighted by atomic mass is 16.5. The van der Waals surface area contributed by atoms with Crippen molar-refractivity contribution < 1.29 is 34.1 Å². The van der Waals surface area contributed by atoms with Crippen LogP contribution in [0, 0.1) is 6.92 Å². The summed E-state index contributed by atoms with van der Waals surface area (Å²) in [6, 6.07) is 7.38. The lowest BCUT2D eigenvalue weighted by Gasteiger charge is -2.29. The maximum Gasteiger partial charge on any atom is 0.194 e. The molecule has 0 radical (unpaired) electrons. The number of phenolic OH excluding ortho intramolecular Hbond substituents is 2. The van der Waals surface area contributed by atoms with Crippen LogP contribution < -0.4 is 14.8 Å². The van der Waals surface area contributed by atoms with E-state index in [1.54, 1.807) is 14.0 Å². The molecule has 176 valence electrons. The number of allylic oxidation sites excluding steroid dienone is 4. The molecule has 1 aliphatic carbocycles. The van der Waals surface area contributed by atoms with Gasteiger partial charge in [-0.2, -0.15) is 0 Å². The molecule has 0 amide bonds. The predicted molar refractivity (Wildman–Crippen MR) is 123 cm³/mol. The Labute approximate surface area is 196 Å². The van der Waals surface area contributed by atoms with Crippen molar-refractivity contribution in [3.05, 3.63) is 69.6 Å². The van der Waals surface area contributed by atoms with Gasteiger partial charge in [0.25, 0.3) is 0 Å². The molecule has 2 aromatic carbocycles. The van der Waals surface area contributed by atoms with E-state index in [1.165, 1.54) is 26.8 Å². The van der Waals surface area contributed by atoms with Gasteiger partial charge in [-0.3, -0.25) is 14.4 Å². The lowest BCUT2D eigenvalue weighted by Crippen LogP contribution is -2.41. The van der Waals surface area contributed by atoms with Crippen molar-refractivity contribution in [3.63, 3.8) is 0 Å². The van der Waals surface area contributed by atoms with Gasteiger partial charge in [-0.1, -0.05) is 18.2 Å². The van der Waals surface area contributed by atoms with E-state index in [2.05, 4.69) is 5.32 Å². The Morgan fingerprint density at radius 1 is 1.15 bits per heavy atom. The van der Waals surface area contributed by atoms with Crippen LogP contribution in [0.1, 0.15) is 47.8 Å². The molecule has 2 aromatic rings. The number of hydrogen-bond donors (Lipinski definition) is 3. The first-order valence-electron chi connectivity index (χ1n) is 10.7. The fourth-order valence-electron chi connectivity index (χ4n) is 4.53. The van der Waals surface area contributed by atoms with E-state index in [0.29, 0.717) is 18.0 Å². The Morgan fingerprint density at radius 3 is 2.47 bits per heavy atom. The first-order chi connectivity index (χ1) is 16.0. The number of benzene rings is 2. The van der Waals surface area contributed by atoms with Crippen LogP contribution in [0.25, 0.3) is 0 Å². The number of methoxy groups -OCH3 is 1. The number of ether oxygens (including phenoxy) is 2. The largest absolute Gasteiger partial charge is 0.507 e. The SMILES string of the molecule is COc1ccccc1CNC(C)=C1C(=O)C=C2Oc3c(C(C)=O)c(O)c(C)c(O)c3[C@@]2(C)C1=O. The third-order valence-corrected chi connectivity index (χ3v) is 6.50. The minimum absolute atomic E-state index is 0.00146. The summed E-state index contributed by atoms with van der Waals surface area (Å²) < 4.78 is 11.1. The Bertz CT molecular complexity index is 1340. The van der Waals surface area contributed by atoms with Crippen molar-refractivity contribution in [1.82, 2.24) is 5.32 Å². The number of aromatic hydroxyl groups is 2. The van der Waals surface area contributed by atoms with Crippen molar-refractivity contribution in [1.29, 1.82) is 0 Å². The number of carbonyl (C=O) groups excluding carboxylic acids is 3. The fraction of sp³-hybridized carbons (Fsp3) is 0.269. The molecule has 3 N–H and O–H groups in total. The number of Topliss-reactive ketones (excluding diaryl/α,β-unsaturated/α-hetero) is 2. The summed E-state index contributed by atoms with van der Waals surface area (Å²) in [6.45, 7) is 6.16. The van der Waals surface area contributed by atoms with Gasteiger partial charge in [-0.15, -0.1) is 0 Å². The van der Waals surface area contributed by atoms with Gasteiger partial charge in [0.15, 0.2) is 17.3 Å². The molecule has 0 fully saturated rings. The van der Waals surface area contributed by atoms with E-state index in [1.807, 2.05) is 24.3 Å². The lowest BCUT2D eigenvalue weighted by molar-refractivity contribution is -0.123. The van der Waals surface area contributed by atoms with Gasteiger partial charge < -0.3 is 25.0 Å². The van der Waals surface area contributed by atoms with Gasteiger partial charge in [0.1, 0.15) is 39.7 Å². The first-order valence-corrected chi connectivity index (χ1v) is 10.7. The molecule has 1 atom stereocenters. The summed E-state index contributed by atoms with van der Waals surface area (Å²) in [5.74, 6) is -1.85. The average molecular weight is 463 g/mol. The quantitative estimate of drug-likeness (QED) is 0.351. The number of phenols is 2. The number of para-hydroxylation sites is 1. The van der Waals surface area contributed by atoms with Crippen molar-refractivity contribution in [2.75, 3.05) is 7.11 Å². The third kappa shape index (κ3) is 3.17. The maximum absolute atomic E-state index is 13.8. The smallest absolute Gasteiger partial charge is 0.194 e. The highest BCUT2D eigenvalue weighted by Gasteiger charge is 2.56. The van der Waals surface area contributed by atoms with Gasteiger partial charge in [-0.05, 0) is 33.8 Å². The monoisotopic (exact) mass is 463 g/mol. The molecule has 0 saturated carbocycles. The van der Waals surface area contributed by atoms with Crippen LogP contribution in [0.5, 0.6) is 23.0 Å². The molecule has 0 saturated heterocycles. The zero-order valence-corrected chi connectivity index (χ0v) is 19.5. The predicted octanol–water partition coefficient (Wildman–Crippen LogP) is 3.37. The summed E-state index contributed by atoms with van der Waals surface area (Å²) in [5.41, 5.74) is -0.451. The maximum atomic E-state index is 13.8. The Morgan fingerprint density at radius 2 is 1.82 bits per heavy atom. The Kier molecular flexibility index (Phi) is 5.47. The van der Waals surface area contributed by atoms with Gasteiger partial charge in [0.2, 0.25) is 0 Å². The number of fused-ring (bicyclic) bond motifs is 3. The van der Waals surface area contributed by atoms with Crippen LogP contribution in [-0.2, 0) is 21.5 Å². The second-order valence-electron chi connectivity index (χ2n) is 8.55. The standard InChI is InChI=1S/C26H25NO7/c1-12-22(30)20(14(3)28)24-21(23(12)31)26(4)18(34-24)10-16(29)19(25(26)32)13(2)27-11-15-8-6-7-9-17(15)33-5/h6-10,27,30-31H,11H2,1-5H3/t26-/m0/s1. The van der Waals surface area contributed by atoms with Crippen molar-refractivity contribution >= 4 is 17.3 Å². The number of nitrogens with one attached hydrogen (secondary N) is 1. The molecule has 8 nitrogen and oxygen atoms in total. The summed E-state index contributed by atoms with van der Waals surface area (Å²) in [4.78, 5) is 39.0. The van der Waals surface area contributed by atoms with E-state index in [-0.39, 0.29) is 39.5 Å². The molecule has 0 aromatic heterocycles. The molecule has 0 spiro atoms.